The number of pyridine rings is 1. The molecule has 4 heteroatoms. The maximum absolute atomic E-state index is 4.40. The minimum atomic E-state index is 1.01. The van der Waals surface area contributed by atoms with Crippen LogP contribution in [-0.4, -0.2) is 9.97 Å². The molecule has 2 heterocycles. The molecule has 0 unspecified atom stereocenters. The fraction of sp³-hybridized carbons (Fsp3) is 0. The fourth-order valence-corrected chi connectivity index (χ4v) is 2.64. The van der Waals surface area contributed by atoms with Gasteiger partial charge in [-0.25, -0.2) is 4.98 Å². The van der Waals surface area contributed by atoms with Crippen molar-refractivity contribution in [2.75, 3.05) is 0 Å². The lowest BCUT2D eigenvalue weighted by Gasteiger charge is -1.97. The Balaban J connectivity index is 2.57. The SMILES string of the molecule is Brc1cnc2c(ccc3ncsc32)c1. The molecule has 1 aromatic carbocycles. The van der Waals surface area contributed by atoms with Gasteiger partial charge in [0.05, 0.1) is 21.2 Å². The van der Waals surface area contributed by atoms with Crippen LogP contribution in [0.25, 0.3) is 21.1 Å². The van der Waals surface area contributed by atoms with Gasteiger partial charge in [0, 0.05) is 16.1 Å². The maximum Gasteiger partial charge on any atom is 0.0897 e. The number of nitrogens with zero attached hydrogens (tertiary/aromatic N) is 2. The normalized spacial score (nSPS) is 11.2. The third kappa shape index (κ3) is 1.14. The summed E-state index contributed by atoms with van der Waals surface area (Å²) >= 11 is 5.05. The van der Waals surface area contributed by atoms with Gasteiger partial charge in [-0.05, 0) is 28.1 Å². The second kappa shape index (κ2) is 3.00. The Morgan fingerprint density at radius 2 is 2.14 bits per heavy atom. The zero-order valence-corrected chi connectivity index (χ0v) is 9.47. The van der Waals surface area contributed by atoms with Crippen LogP contribution in [-0.2, 0) is 0 Å². The summed E-state index contributed by atoms with van der Waals surface area (Å²) in [5.74, 6) is 0. The first kappa shape index (κ1) is 8.32. The zero-order valence-electron chi connectivity index (χ0n) is 7.07. The topological polar surface area (TPSA) is 25.8 Å². The van der Waals surface area contributed by atoms with Crippen molar-refractivity contribution in [3.63, 3.8) is 0 Å². The summed E-state index contributed by atoms with van der Waals surface area (Å²) in [6, 6.07) is 6.15. The molecule has 0 saturated heterocycles. The van der Waals surface area contributed by atoms with Gasteiger partial charge in [0.1, 0.15) is 0 Å². The van der Waals surface area contributed by atoms with Crippen LogP contribution in [0.2, 0.25) is 0 Å². The number of thiazole rings is 1. The van der Waals surface area contributed by atoms with Crippen LogP contribution in [0.4, 0.5) is 0 Å². The van der Waals surface area contributed by atoms with Gasteiger partial charge >= 0.3 is 0 Å². The van der Waals surface area contributed by atoms with Crippen LogP contribution in [0.1, 0.15) is 0 Å². The van der Waals surface area contributed by atoms with Crippen molar-refractivity contribution in [1.82, 2.24) is 9.97 Å². The maximum atomic E-state index is 4.40. The van der Waals surface area contributed by atoms with Gasteiger partial charge in [0.2, 0.25) is 0 Å². The first-order valence-corrected chi connectivity index (χ1v) is 5.79. The molecule has 0 aliphatic heterocycles. The molecule has 14 heavy (non-hydrogen) atoms. The molecule has 0 saturated carbocycles. The number of hydrogen-bond acceptors (Lipinski definition) is 3. The minimum Gasteiger partial charge on any atom is -0.254 e. The highest BCUT2D eigenvalue weighted by Gasteiger charge is 2.03. The molecule has 0 fully saturated rings. The smallest absolute Gasteiger partial charge is 0.0897 e. The molecule has 0 radical (unpaired) electrons. The third-order valence-corrected chi connectivity index (χ3v) is 3.40. The van der Waals surface area contributed by atoms with Crippen LogP contribution >= 0.6 is 27.3 Å². The second-order valence-corrected chi connectivity index (χ2v) is 4.76. The van der Waals surface area contributed by atoms with E-state index in [2.05, 4.69) is 38.0 Å². The Morgan fingerprint density at radius 1 is 1.21 bits per heavy atom. The number of benzene rings is 1. The highest BCUT2D eigenvalue weighted by atomic mass is 79.9. The Bertz CT molecular complexity index is 618. The molecule has 0 aliphatic carbocycles. The van der Waals surface area contributed by atoms with Crippen molar-refractivity contribution < 1.29 is 0 Å². The summed E-state index contributed by atoms with van der Waals surface area (Å²) in [5, 5.41) is 1.15. The third-order valence-electron chi connectivity index (χ3n) is 2.11. The summed E-state index contributed by atoms with van der Waals surface area (Å²) in [6.07, 6.45) is 1.82. The van der Waals surface area contributed by atoms with Crippen molar-refractivity contribution in [2.45, 2.75) is 0 Å². The molecule has 2 nitrogen and oxygen atoms in total. The van der Waals surface area contributed by atoms with E-state index >= 15 is 0 Å². The van der Waals surface area contributed by atoms with Crippen LogP contribution in [0, 0.1) is 0 Å². The molecular formula is C10H5BrN2S. The standard InChI is InChI=1S/C10H5BrN2S/c11-7-3-6-1-2-8-10(14-5-13-8)9(6)12-4-7/h1-5H. The van der Waals surface area contributed by atoms with Crippen LogP contribution < -0.4 is 0 Å². The molecule has 68 valence electrons. The Labute approximate surface area is 92.7 Å². The van der Waals surface area contributed by atoms with E-state index in [1.54, 1.807) is 11.3 Å². The fourth-order valence-electron chi connectivity index (χ4n) is 1.49. The van der Waals surface area contributed by atoms with Crippen molar-refractivity contribution in [2.24, 2.45) is 0 Å². The molecule has 0 bridgehead atoms. The predicted molar refractivity (Wildman–Crippen MR) is 62.6 cm³/mol. The molecule has 0 spiro atoms. The number of fused-ring (bicyclic) bond motifs is 3. The van der Waals surface area contributed by atoms with E-state index in [0.717, 1.165) is 25.6 Å². The lowest BCUT2D eigenvalue weighted by molar-refractivity contribution is 1.40. The molecule has 2 aromatic heterocycles. The molecule has 3 aromatic rings. The zero-order chi connectivity index (χ0) is 9.54. The number of hydrogen-bond donors (Lipinski definition) is 0. The minimum absolute atomic E-state index is 1.01. The summed E-state index contributed by atoms with van der Waals surface area (Å²) in [5.41, 5.74) is 3.92. The number of aromatic nitrogens is 2. The highest BCUT2D eigenvalue weighted by Crippen LogP contribution is 2.27. The summed E-state index contributed by atoms with van der Waals surface area (Å²) in [4.78, 5) is 8.66. The molecule has 0 atom stereocenters. The average molecular weight is 265 g/mol. The van der Waals surface area contributed by atoms with Gasteiger partial charge < -0.3 is 0 Å². The monoisotopic (exact) mass is 264 g/mol. The van der Waals surface area contributed by atoms with Crippen LogP contribution in [0.15, 0.2) is 34.4 Å². The van der Waals surface area contributed by atoms with E-state index in [-0.39, 0.29) is 0 Å². The lowest BCUT2D eigenvalue weighted by atomic mass is 10.2. The van der Waals surface area contributed by atoms with Gasteiger partial charge in [-0.15, -0.1) is 11.3 Å². The molecule has 0 amide bonds. The van der Waals surface area contributed by atoms with E-state index in [1.165, 1.54) is 0 Å². The van der Waals surface area contributed by atoms with Gasteiger partial charge in [-0.1, -0.05) is 6.07 Å². The first-order valence-electron chi connectivity index (χ1n) is 4.12. The van der Waals surface area contributed by atoms with Crippen molar-refractivity contribution in [3.8, 4) is 0 Å². The van der Waals surface area contributed by atoms with E-state index in [9.17, 15) is 0 Å². The van der Waals surface area contributed by atoms with Crippen molar-refractivity contribution >= 4 is 48.4 Å². The van der Waals surface area contributed by atoms with Gasteiger partial charge in [0.25, 0.3) is 0 Å². The molecule has 3 rings (SSSR count). The molecule has 0 aliphatic rings. The Hall–Kier alpha value is -1.00. The lowest BCUT2D eigenvalue weighted by Crippen LogP contribution is -1.79. The first-order chi connectivity index (χ1) is 6.84. The van der Waals surface area contributed by atoms with E-state index < -0.39 is 0 Å². The summed E-state index contributed by atoms with van der Waals surface area (Å²) in [7, 11) is 0. The second-order valence-electron chi connectivity index (χ2n) is 2.99. The van der Waals surface area contributed by atoms with E-state index in [0.29, 0.717) is 0 Å². The van der Waals surface area contributed by atoms with Crippen molar-refractivity contribution in [3.05, 3.63) is 34.4 Å². The molecular weight excluding hydrogens is 260 g/mol. The molecule has 0 N–H and O–H groups in total. The largest absolute Gasteiger partial charge is 0.254 e. The highest BCUT2D eigenvalue weighted by molar-refractivity contribution is 9.10. The summed E-state index contributed by atoms with van der Waals surface area (Å²) in [6.45, 7) is 0. The number of halogens is 1. The van der Waals surface area contributed by atoms with E-state index in [4.69, 9.17) is 0 Å². The quantitative estimate of drug-likeness (QED) is 0.620. The van der Waals surface area contributed by atoms with Crippen LogP contribution in [0.3, 0.4) is 0 Å². The van der Waals surface area contributed by atoms with Crippen molar-refractivity contribution in [1.29, 1.82) is 0 Å². The number of rotatable bonds is 0. The van der Waals surface area contributed by atoms with E-state index in [1.807, 2.05) is 17.8 Å². The Kier molecular flexibility index (Phi) is 1.78. The van der Waals surface area contributed by atoms with Gasteiger partial charge in [-0.3, -0.25) is 4.98 Å². The summed E-state index contributed by atoms with van der Waals surface area (Å²) < 4.78 is 2.17. The van der Waals surface area contributed by atoms with Gasteiger partial charge in [0.15, 0.2) is 0 Å². The Morgan fingerprint density at radius 3 is 3.07 bits per heavy atom. The van der Waals surface area contributed by atoms with Gasteiger partial charge in [-0.2, -0.15) is 0 Å². The average Bonchev–Trinajstić information content (AvgIpc) is 2.65. The predicted octanol–water partition coefficient (Wildman–Crippen LogP) is 3.61. The van der Waals surface area contributed by atoms with Crippen LogP contribution in [0.5, 0.6) is 0 Å².